The van der Waals surface area contributed by atoms with Crippen LogP contribution in [0.5, 0.6) is 5.75 Å². The molecule has 2 aromatic rings. The largest absolute Gasteiger partial charge is 0.425 e. The van der Waals surface area contributed by atoms with Crippen molar-refractivity contribution in [3.05, 3.63) is 65.5 Å². The van der Waals surface area contributed by atoms with Crippen molar-refractivity contribution in [1.82, 2.24) is 5.32 Å². The summed E-state index contributed by atoms with van der Waals surface area (Å²) in [6, 6.07) is 13.2. The number of ether oxygens (including phenoxy) is 1. The molecule has 5 heteroatoms. The van der Waals surface area contributed by atoms with Crippen LogP contribution >= 0.6 is 0 Å². The van der Waals surface area contributed by atoms with Crippen LogP contribution in [0.1, 0.15) is 17.5 Å². The second kappa shape index (κ2) is 8.08. The van der Waals surface area contributed by atoms with Crippen molar-refractivity contribution in [2.75, 3.05) is 6.54 Å². The van der Waals surface area contributed by atoms with Crippen LogP contribution in [0.3, 0.4) is 0 Å². The average Bonchev–Trinajstić information content (AvgIpc) is 2.53. The molecule has 0 bridgehead atoms. The lowest BCUT2D eigenvalue weighted by atomic mass is 10.1. The molecule has 0 aliphatic rings. The molecule has 1 N–H and O–H groups in total. The maximum Gasteiger partial charge on any atom is 0.330 e. The summed E-state index contributed by atoms with van der Waals surface area (Å²) in [5, 5.41) is 2.50. The number of aryl methyl sites for hydroxylation is 2. The molecule has 0 unspecified atom stereocenters. The zero-order valence-corrected chi connectivity index (χ0v) is 12.8. The van der Waals surface area contributed by atoms with Gasteiger partial charge in [0.25, 0.3) is 0 Å². The third-order valence-corrected chi connectivity index (χ3v) is 3.28. The summed E-state index contributed by atoms with van der Waals surface area (Å²) < 4.78 is 18.2. The topological polar surface area (TPSA) is 55.4 Å². The molecule has 2 rings (SSSR count). The fourth-order valence-corrected chi connectivity index (χ4v) is 2.04. The number of amides is 1. The molecule has 0 atom stereocenters. The first kappa shape index (κ1) is 16.7. The Kier molecular flexibility index (Phi) is 5.86. The molecule has 0 aliphatic heterocycles. The number of carbonyl (C=O) groups is 2. The van der Waals surface area contributed by atoms with Crippen LogP contribution in [-0.2, 0) is 16.0 Å². The standard InChI is InChI=1S/C18H18FNO3/c1-13-5-2-3-8-16(13)23-18(22)12-20-17(21)10-9-14-6-4-7-15(19)11-14/h2-8,11H,9-10,12H2,1H3,(H,20,21). The summed E-state index contributed by atoms with van der Waals surface area (Å²) in [4.78, 5) is 23.4. The maximum absolute atomic E-state index is 13.0. The van der Waals surface area contributed by atoms with Gasteiger partial charge in [-0.25, -0.2) is 9.18 Å². The van der Waals surface area contributed by atoms with Crippen molar-refractivity contribution >= 4 is 11.9 Å². The Labute approximate surface area is 134 Å². The lowest BCUT2D eigenvalue weighted by molar-refractivity contribution is -0.135. The number of esters is 1. The number of hydrogen-bond acceptors (Lipinski definition) is 3. The van der Waals surface area contributed by atoms with Gasteiger partial charge in [-0.05, 0) is 42.7 Å². The summed E-state index contributed by atoms with van der Waals surface area (Å²) >= 11 is 0. The number of benzene rings is 2. The zero-order chi connectivity index (χ0) is 16.7. The van der Waals surface area contributed by atoms with Gasteiger partial charge in [-0.1, -0.05) is 30.3 Å². The molecule has 0 aromatic heterocycles. The molecule has 4 nitrogen and oxygen atoms in total. The fourth-order valence-electron chi connectivity index (χ4n) is 2.04. The number of hydrogen-bond donors (Lipinski definition) is 1. The summed E-state index contributed by atoms with van der Waals surface area (Å²) in [7, 11) is 0. The molecule has 0 aliphatic carbocycles. The highest BCUT2D eigenvalue weighted by atomic mass is 19.1. The molecule has 0 saturated carbocycles. The fraction of sp³-hybridized carbons (Fsp3) is 0.222. The van der Waals surface area contributed by atoms with E-state index in [1.165, 1.54) is 12.1 Å². The third kappa shape index (κ3) is 5.54. The van der Waals surface area contributed by atoms with Gasteiger partial charge in [0.05, 0.1) is 0 Å². The van der Waals surface area contributed by atoms with E-state index >= 15 is 0 Å². The molecule has 23 heavy (non-hydrogen) atoms. The first-order valence-electron chi connectivity index (χ1n) is 7.32. The lowest BCUT2D eigenvalue weighted by Gasteiger charge is -2.08. The Morgan fingerprint density at radius 3 is 2.65 bits per heavy atom. The van der Waals surface area contributed by atoms with E-state index in [2.05, 4.69) is 5.32 Å². The van der Waals surface area contributed by atoms with Gasteiger partial charge in [0.2, 0.25) is 5.91 Å². The van der Waals surface area contributed by atoms with Gasteiger partial charge in [0.1, 0.15) is 18.1 Å². The first-order chi connectivity index (χ1) is 11.0. The number of carbonyl (C=O) groups excluding carboxylic acids is 2. The summed E-state index contributed by atoms with van der Waals surface area (Å²) in [6.45, 7) is 1.64. The number of rotatable bonds is 6. The SMILES string of the molecule is Cc1ccccc1OC(=O)CNC(=O)CCc1cccc(F)c1. The van der Waals surface area contributed by atoms with Crippen LogP contribution < -0.4 is 10.1 Å². The van der Waals surface area contributed by atoms with E-state index < -0.39 is 5.97 Å². The number of halogens is 1. The van der Waals surface area contributed by atoms with Gasteiger partial charge in [-0.2, -0.15) is 0 Å². The highest BCUT2D eigenvalue weighted by Crippen LogP contribution is 2.16. The molecule has 1 amide bonds. The van der Waals surface area contributed by atoms with E-state index in [4.69, 9.17) is 4.74 Å². The lowest BCUT2D eigenvalue weighted by Crippen LogP contribution is -2.32. The van der Waals surface area contributed by atoms with E-state index in [1.54, 1.807) is 24.3 Å². The molecule has 0 fully saturated rings. The predicted octanol–water partition coefficient (Wildman–Crippen LogP) is 2.79. The van der Waals surface area contributed by atoms with E-state index in [1.807, 2.05) is 19.1 Å². The van der Waals surface area contributed by atoms with E-state index in [0.717, 1.165) is 11.1 Å². The highest BCUT2D eigenvalue weighted by Gasteiger charge is 2.09. The second-order valence-electron chi connectivity index (χ2n) is 5.15. The van der Waals surface area contributed by atoms with Crippen LogP contribution in [0.25, 0.3) is 0 Å². The van der Waals surface area contributed by atoms with Crippen molar-refractivity contribution in [1.29, 1.82) is 0 Å². The highest BCUT2D eigenvalue weighted by molar-refractivity contribution is 5.83. The van der Waals surface area contributed by atoms with Gasteiger partial charge in [-0.15, -0.1) is 0 Å². The van der Waals surface area contributed by atoms with E-state index in [0.29, 0.717) is 12.2 Å². The summed E-state index contributed by atoms with van der Waals surface area (Å²) in [5.74, 6) is -0.661. The van der Waals surface area contributed by atoms with E-state index in [9.17, 15) is 14.0 Å². The second-order valence-corrected chi connectivity index (χ2v) is 5.15. The molecular formula is C18H18FNO3. The van der Waals surface area contributed by atoms with Crippen molar-refractivity contribution in [3.8, 4) is 5.75 Å². The van der Waals surface area contributed by atoms with Crippen LogP contribution in [0.4, 0.5) is 4.39 Å². The van der Waals surface area contributed by atoms with Gasteiger partial charge < -0.3 is 10.1 Å². The van der Waals surface area contributed by atoms with E-state index in [-0.39, 0.29) is 24.7 Å². The van der Waals surface area contributed by atoms with Gasteiger partial charge in [-0.3, -0.25) is 4.79 Å². The van der Waals surface area contributed by atoms with Crippen LogP contribution in [0.2, 0.25) is 0 Å². The van der Waals surface area contributed by atoms with Crippen LogP contribution in [-0.4, -0.2) is 18.4 Å². The Hall–Kier alpha value is -2.69. The molecular weight excluding hydrogens is 297 g/mol. The molecule has 0 radical (unpaired) electrons. The molecule has 120 valence electrons. The maximum atomic E-state index is 13.0. The Bertz CT molecular complexity index is 700. The van der Waals surface area contributed by atoms with Crippen molar-refractivity contribution in [2.45, 2.75) is 19.8 Å². The Morgan fingerprint density at radius 1 is 1.13 bits per heavy atom. The number of nitrogens with one attached hydrogen (secondary N) is 1. The monoisotopic (exact) mass is 315 g/mol. The molecule has 0 saturated heterocycles. The Morgan fingerprint density at radius 2 is 1.91 bits per heavy atom. The zero-order valence-electron chi connectivity index (χ0n) is 12.8. The molecule has 2 aromatic carbocycles. The van der Waals surface area contributed by atoms with Gasteiger partial charge in [0, 0.05) is 6.42 Å². The quantitative estimate of drug-likeness (QED) is 0.659. The summed E-state index contributed by atoms with van der Waals surface area (Å²) in [6.07, 6.45) is 0.595. The number of para-hydroxylation sites is 1. The minimum Gasteiger partial charge on any atom is -0.425 e. The minimum atomic E-state index is -0.529. The first-order valence-corrected chi connectivity index (χ1v) is 7.32. The van der Waals surface area contributed by atoms with Crippen LogP contribution in [0, 0.1) is 12.7 Å². The Balaban J connectivity index is 1.74. The average molecular weight is 315 g/mol. The third-order valence-electron chi connectivity index (χ3n) is 3.28. The van der Waals surface area contributed by atoms with Gasteiger partial charge in [0.15, 0.2) is 0 Å². The summed E-state index contributed by atoms with van der Waals surface area (Å²) in [5.41, 5.74) is 1.58. The van der Waals surface area contributed by atoms with Crippen molar-refractivity contribution in [2.24, 2.45) is 0 Å². The smallest absolute Gasteiger partial charge is 0.330 e. The van der Waals surface area contributed by atoms with Crippen LogP contribution in [0.15, 0.2) is 48.5 Å². The normalized spacial score (nSPS) is 10.2. The molecule has 0 spiro atoms. The van der Waals surface area contributed by atoms with Gasteiger partial charge >= 0.3 is 5.97 Å². The van der Waals surface area contributed by atoms with Crippen molar-refractivity contribution < 1.29 is 18.7 Å². The minimum absolute atomic E-state index is 0.182. The van der Waals surface area contributed by atoms with Crippen molar-refractivity contribution in [3.63, 3.8) is 0 Å². The molecule has 0 heterocycles. The predicted molar refractivity (Wildman–Crippen MR) is 84.5 cm³/mol.